The molecule has 0 amide bonds. The average Bonchev–Trinajstić information content (AvgIpc) is 2.57. The monoisotopic (exact) mass is 276 g/mol. The van der Waals surface area contributed by atoms with E-state index in [1.807, 2.05) is 0 Å². The molecule has 1 aromatic heterocycles. The van der Waals surface area contributed by atoms with Gasteiger partial charge in [0.2, 0.25) is 0 Å². The van der Waals surface area contributed by atoms with Gasteiger partial charge in [0, 0.05) is 13.1 Å². The maximum Gasteiger partial charge on any atom is 0.300 e. The first-order valence-electron chi connectivity index (χ1n) is 5.06. The fourth-order valence-corrected chi connectivity index (χ4v) is 2.44. The molecule has 9 nitrogen and oxygen atoms in total. The van der Waals surface area contributed by atoms with E-state index in [9.17, 15) is 8.42 Å². The third-order valence-electron chi connectivity index (χ3n) is 1.94. The minimum absolute atomic E-state index is 0.110. The highest BCUT2D eigenvalue weighted by Crippen LogP contribution is 2.14. The summed E-state index contributed by atoms with van der Waals surface area (Å²) < 4.78 is 29.3. The number of hydrogen-bond acceptors (Lipinski definition) is 5. The highest BCUT2D eigenvalue weighted by molar-refractivity contribution is 7.90. The Balaban J connectivity index is 3.08. The number of oxime groups is 1. The third-order valence-corrected chi connectivity index (χ3v) is 3.19. The van der Waals surface area contributed by atoms with Crippen molar-refractivity contribution >= 4 is 21.9 Å². The summed E-state index contributed by atoms with van der Waals surface area (Å²) in [4.78, 5) is 0. The third kappa shape index (κ3) is 3.34. The zero-order valence-electron chi connectivity index (χ0n) is 10.2. The van der Waals surface area contributed by atoms with Crippen LogP contribution in [-0.4, -0.2) is 35.3 Å². The predicted octanol–water partition coefficient (Wildman–Crippen LogP) is -0.831. The lowest BCUT2D eigenvalue weighted by Crippen LogP contribution is -2.36. The summed E-state index contributed by atoms with van der Waals surface area (Å²) in [5.74, 6) is -0.121. The smallest absolute Gasteiger partial charge is 0.300 e. The largest absolute Gasteiger partial charge is 0.409 e. The van der Waals surface area contributed by atoms with Crippen LogP contribution in [0.1, 0.15) is 19.4 Å². The van der Waals surface area contributed by atoms with E-state index in [0.29, 0.717) is 0 Å². The number of nitrogens with two attached hydrogens (primary N) is 1. The first kappa shape index (κ1) is 14.3. The van der Waals surface area contributed by atoms with Gasteiger partial charge in [-0.1, -0.05) is 5.16 Å². The number of amidine groups is 1. The van der Waals surface area contributed by atoms with Gasteiger partial charge in [-0.25, -0.2) is 0 Å². The van der Waals surface area contributed by atoms with Gasteiger partial charge in [0.05, 0.1) is 11.8 Å². The van der Waals surface area contributed by atoms with Gasteiger partial charge in [-0.3, -0.25) is 9.40 Å². The van der Waals surface area contributed by atoms with Gasteiger partial charge in [0.15, 0.2) is 5.84 Å². The molecule has 18 heavy (non-hydrogen) atoms. The number of aryl methyl sites for hydroxylation is 1. The van der Waals surface area contributed by atoms with E-state index in [1.165, 1.54) is 17.9 Å². The Morgan fingerprint density at radius 3 is 2.72 bits per heavy atom. The summed E-state index contributed by atoms with van der Waals surface area (Å²) >= 11 is 0. The van der Waals surface area contributed by atoms with Gasteiger partial charge >= 0.3 is 10.2 Å². The van der Waals surface area contributed by atoms with E-state index in [0.717, 1.165) is 0 Å². The van der Waals surface area contributed by atoms with Crippen molar-refractivity contribution in [1.82, 2.24) is 14.5 Å². The summed E-state index contributed by atoms with van der Waals surface area (Å²) in [6, 6.07) is -0.261. The molecule has 1 rings (SSSR count). The zero-order chi connectivity index (χ0) is 13.9. The molecule has 0 aliphatic carbocycles. The Labute approximate surface area is 105 Å². The minimum atomic E-state index is -3.74. The molecule has 0 saturated carbocycles. The van der Waals surface area contributed by atoms with E-state index in [2.05, 4.69) is 19.7 Å². The Morgan fingerprint density at radius 1 is 1.61 bits per heavy atom. The summed E-state index contributed by atoms with van der Waals surface area (Å²) in [6.07, 6.45) is 1.29. The van der Waals surface area contributed by atoms with Crippen molar-refractivity contribution in [3.63, 3.8) is 0 Å². The number of rotatable bonds is 5. The molecule has 0 saturated heterocycles. The van der Waals surface area contributed by atoms with Crippen molar-refractivity contribution in [2.75, 3.05) is 4.72 Å². The predicted molar refractivity (Wildman–Crippen MR) is 66.5 cm³/mol. The van der Waals surface area contributed by atoms with Crippen LogP contribution in [0.2, 0.25) is 0 Å². The fourth-order valence-electron chi connectivity index (χ4n) is 1.27. The summed E-state index contributed by atoms with van der Waals surface area (Å²) in [7, 11) is -2.21. The number of anilines is 1. The van der Waals surface area contributed by atoms with Crippen molar-refractivity contribution < 1.29 is 13.6 Å². The second-order valence-electron chi connectivity index (χ2n) is 3.89. The van der Waals surface area contributed by atoms with Gasteiger partial charge in [-0.05, 0) is 13.8 Å². The van der Waals surface area contributed by atoms with Gasteiger partial charge in [-0.15, -0.1) is 0 Å². The van der Waals surface area contributed by atoms with Crippen LogP contribution in [0, 0.1) is 0 Å². The van der Waals surface area contributed by atoms with Crippen molar-refractivity contribution in [1.29, 1.82) is 0 Å². The lowest BCUT2D eigenvalue weighted by atomic mass is 10.3. The van der Waals surface area contributed by atoms with E-state index in [4.69, 9.17) is 10.9 Å². The molecule has 0 radical (unpaired) electrons. The van der Waals surface area contributed by atoms with Crippen LogP contribution in [0.15, 0.2) is 11.4 Å². The van der Waals surface area contributed by atoms with Gasteiger partial charge < -0.3 is 10.9 Å². The zero-order valence-corrected chi connectivity index (χ0v) is 11.1. The summed E-state index contributed by atoms with van der Waals surface area (Å²) in [6.45, 7) is 3.37. The normalized spacial score (nSPS) is 13.0. The van der Waals surface area contributed by atoms with Crippen molar-refractivity contribution in [3.05, 3.63) is 11.8 Å². The summed E-state index contributed by atoms with van der Waals surface area (Å²) in [5, 5.41) is 15.2. The van der Waals surface area contributed by atoms with Crippen molar-refractivity contribution in [2.24, 2.45) is 17.9 Å². The maximum absolute atomic E-state index is 11.7. The highest BCUT2D eigenvalue weighted by Gasteiger charge is 2.19. The molecule has 0 atom stereocenters. The van der Waals surface area contributed by atoms with E-state index in [1.54, 1.807) is 13.8 Å². The van der Waals surface area contributed by atoms with E-state index in [-0.39, 0.29) is 23.3 Å². The molecule has 5 N–H and O–H groups in total. The molecule has 0 aliphatic heterocycles. The van der Waals surface area contributed by atoms with Gasteiger partial charge in [0.1, 0.15) is 5.82 Å². The van der Waals surface area contributed by atoms with Crippen molar-refractivity contribution in [3.8, 4) is 0 Å². The average molecular weight is 276 g/mol. The topological polar surface area (TPSA) is 135 Å². The van der Waals surface area contributed by atoms with Crippen LogP contribution in [0.3, 0.4) is 0 Å². The number of nitrogens with zero attached hydrogens (tertiary/aromatic N) is 3. The van der Waals surface area contributed by atoms with Crippen LogP contribution in [0.5, 0.6) is 0 Å². The van der Waals surface area contributed by atoms with Crippen LogP contribution in [-0.2, 0) is 17.3 Å². The van der Waals surface area contributed by atoms with E-state index >= 15 is 0 Å². The first-order valence-corrected chi connectivity index (χ1v) is 6.55. The second kappa shape index (κ2) is 5.23. The molecule has 0 bridgehead atoms. The molecule has 0 unspecified atom stereocenters. The van der Waals surface area contributed by atoms with Crippen LogP contribution in [0.25, 0.3) is 0 Å². The standard InChI is InChI=1S/C8H16N6O3S/c1-5(2)12-18(16,17)13-8-6(7(9)11-15)4-10-14(8)3/h4-5,12-13,15H,1-3H3,(H2,9,11). The number of aromatic nitrogens is 2. The molecule has 0 spiro atoms. The molecule has 1 heterocycles. The van der Waals surface area contributed by atoms with Gasteiger partial charge in [-0.2, -0.15) is 18.2 Å². The molecule has 1 aromatic rings. The molecule has 0 fully saturated rings. The van der Waals surface area contributed by atoms with Crippen LogP contribution < -0.4 is 15.2 Å². The Bertz CT molecular complexity index is 547. The van der Waals surface area contributed by atoms with Crippen LogP contribution in [0.4, 0.5) is 5.82 Å². The number of hydrogen-bond donors (Lipinski definition) is 4. The quantitative estimate of drug-likeness (QED) is 0.241. The Morgan fingerprint density at radius 2 is 2.22 bits per heavy atom. The highest BCUT2D eigenvalue weighted by atomic mass is 32.2. The number of nitrogens with one attached hydrogen (secondary N) is 2. The minimum Gasteiger partial charge on any atom is -0.409 e. The SMILES string of the molecule is CC(C)NS(=O)(=O)Nc1c(C(N)=NO)cnn1C. The summed E-state index contributed by atoms with van der Waals surface area (Å²) in [5.41, 5.74) is 5.61. The Hall–Kier alpha value is -1.81. The second-order valence-corrected chi connectivity index (χ2v) is 5.34. The molecule has 102 valence electrons. The lowest BCUT2D eigenvalue weighted by molar-refractivity contribution is 0.318. The lowest BCUT2D eigenvalue weighted by Gasteiger charge is -2.12. The molecule has 0 aromatic carbocycles. The van der Waals surface area contributed by atoms with Gasteiger partial charge in [0.25, 0.3) is 0 Å². The molecular formula is C8H16N6O3S. The fraction of sp³-hybridized carbons (Fsp3) is 0.500. The van der Waals surface area contributed by atoms with Crippen molar-refractivity contribution in [2.45, 2.75) is 19.9 Å². The van der Waals surface area contributed by atoms with E-state index < -0.39 is 10.2 Å². The molecule has 10 heteroatoms. The Kier molecular flexibility index (Phi) is 4.14. The van der Waals surface area contributed by atoms with Crippen LogP contribution >= 0.6 is 0 Å². The molecular weight excluding hydrogens is 260 g/mol. The molecule has 0 aliphatic rings. The maximum atomic E-state index is 11.7. The first-order chi connectivity index (χ1) is 8.26.